The van der Waals surface area contributed by atoms with Crippen molar-refractivity contribution in [1.82, 2.24) is 9.80 Å². The van der Waals surface area contributed by atoms with Gasteiger partial charge in [0.15, 0.2) is 0 Å². The van der Waals surface area contributed by atoms with E-state index in [-0.39, 0.29) is 11.8 Å². The summed E-state index contributed by atoms with van der Waals surface area (Å²) in [7, 11) is 5.65. The van der Waals surface area contributed by atoms with E-state index >= 15 is 0 Å². The Hall–Kier alpha value is -1.33. The summed E-state index contributed by atoms with van der Waals surface area (Å²) in [5, 5.41) is 0. The first kappa shape index (κ1) is 15.1. The van der Waals surface area contributed by atoms with E-state index in [1.807, 2.05) is 6.07 Å². The number of furan rings is 1. The Morgan fingerprint density at radius 2 is 2.10 bits per heavy atom. The Bertz CT molecular complexity index is 450. The summed E-state index contributed by atoms with van der Waals surface area (Å²) in [5.41, 5.74) is 0. The van der Waals surface area contributed by atoms with Crippen molar-refractivity contribution in [3.63, 3.8) is 0 Å². The number of hydrogen-bond acceptors (Lipinski definition) is 5. The van der Waals surface area contributed by atoms with Gasteiger partial charge < -0.3 is 14.1 Å². The van der Waals surface area contributed by atoms with Crippen molar-refractivity contribution in [1.29, 1.82) is 0 Å². The van der Waals surface area contributed by atoms with Crippen LogP contribution in [0.3, 0.4) is 0 Å². The minimum Gasteiger partial charge on any atom is -0.463 e. The van der Waals surface area contributed by atoms with E-state index in [4.69, 9.17) is 4.42 Å². The zero-order valence-electron chi connectivity index (χ0n) is 12.8. The smallest absolute Gasteiger partial charge is 0.373 e. The van der Waals surface area contributed by atoms with E-state index in [1.165, 1.54) is 20.0 Å². The standard InChI is InChI=1S/C15H24N2O3/c1-11(13-5-6-14(20-13)15(18)19-4)17(3)12-7-9-16(2)10-8-12/h5-6,11-12H,7-10H2,1-4H3. The Morgan fingerprint density at radius 3 is 2.70 bits per heavy atom. The van der Waals surface area contributed by atoms with Crippen molar-refractivity contribution in [3.05, 3.63) is 23.7 Å². The number of nitrogens with zero attached hydrogens (tertiary/aromatic N) is 2. The number of methoxy groups -OCH3 is 1. The van der Waals surface area contributed by atoms with Crippen LogP contribution in [0.2, 0.25) is 0 Å². The minimum absolute atomic E-state index is 0.154. The van der Waals surface area contributed by atoms with Gasteiger partial charge in [-0.25, -0.2) is 4.79 Å². The van der Waals surface area contributed by atoms with Gasteiger partial charge in [0.05, 0.1) is 13.2 Å². The molecule has 2 heterocycles. The topological polar surface area (TPSA) is 45.9 Å². The highest BCUT2D eigenvalue weighted by Crippen LogP contribution is 2.26. The molecule has 1 fully saturated rings. The Balaban J connectivity index is 2.01. The van der Waals surface area contributed by atoms with Gasteiger partial charge in [0, 0.05) is 6.04 Å². The van der Waals surface area contributed by atoms with Crippen LogP contribution in [-0.4, -0.2) is 56.1 Å². The molecule has 112 valence electrons. The number of piperidine rings is 1. The summed E-state index contributed by atoms with van der Waals surface area (Å²) in [4.78, 5) is 16.1. The summed E-state index contributed by atoms with van der Waals surface area (Å²) in [6, 6.07) is 4.26. The zero-order valence-corrected chi connectivity index (χ0v) is 12.8. The fourth-order valence-corrected chi connectivity index (χ4v) is 2.71. The maximum atomic E-state index is 11.4. The van der Waals surface area contributed by atoms with Gasteiger partial charge in [0.25, 0.3) is 0 Å². The molecule has 0 radical (unpaired) electrons. The lowest BCUT2D eigenvalue weighted by Crippen LogP contribution is -2.42. The molecule has 2 rings (SSSR count). The molecule has 1 unspecified atom stereocenters. The Kier molecular flexibility index (Phi) is 4.83. The molecule has 0 spiro atoms. The molecule has 0 N–H and O–H groups in total. The minimum atomic E-state index is -0.426. The van der Waals surface area contributed by atoms with Crippen molar-refractivity contribution >= 4 is 5.97 Å². The van der Waals surface area contributed by atoms with Crippen LogP contribution >= 0.6 is 0 Å². The van der Waals surface area contributed by atoms with Crippen LogP contribution in [0.1, 0.15) is 42.1 Å². The second kappa shape index (κ2) is 6.41. The monoisotopic (exact) mass is 280 g/mol. The highest BCUT2D eigenvalue weighted by atomic mass is 16.5. The number of carbonyl (C=O) groups excluding carboxylic acids is 1. The van der Waals surface area contributed by atoms with E-state index in [1.54, 1.807) is 6.07 Å². The summed E-state index contributed by atoms with van der Waals surface area (Å²) in [5.74, 6) is 0.656. The van der Waals surface area contributed by atoms with Crippen LogP contribution in [0.25, 0.3) is 0 Å². The molecule has 1 aliphatic heterocycles. The highest BCUT2D eigenvalue weighted by molar-refractivity contribution is 5.86. The molecular weight excluding hydrogens is 256 g/mol. The molecule has 1 saturated heterocycles. The lowest BCUT2D eigenvalue weighted by Gasteiger charge is -2.37. The predicted molar refractivity (Wildman–Crippen MR) is 76.7 cm³/mol. The first-order valence-corrected chi connectivity index (χ1v) is 7.11. The van der Waals surface area contributed by atoms with Gasteiger partial charge in [-0.3, -0.25) is 4.90 Å². The molecule has 0 amide bonds. The van der Waals surface area contributed by atoms with E-state index in [9.17, 15) is 4.79 Å². The number of rotatable bonds is 4. The second-order valence-electron chi connectivity index (χ2n) is 5.57. The summed E-state index contributed by atoms with van der Waals surface area (Å²) in [6.07, 6.45) is 2.34. The fraction of sp³-hybridized carbons (Fsp3) is 0.667. The van der Waals surface area contributed by atoms with Gasteiger partial charge in [0.2, 0.25) is 5.76 Å². The average Bonchev–Trinajstić information content (AvgIpc) is 2.95. The zero-order chi connectivity index (χ0) is 14.7. The van der Waals surface area contributed by atoms with E-state index < -0.39 is 5.97 Å². The van der Waals surface area contributed by atoms with Gasteiger partial charge in [0.1, 0.15) is 5.76 Å². The molecule has 0 aliphatic carbocycles. The normalized spacial score (nSPS) is 19.2. The van der Waals surface area contributed by atoms with Crippen molar-refractivity contribution in [2.75, 3.05) is 34.3 Å². The van der Waals surface area contributed by atoms with Crippen LogP contribution in [0.4, 0.5) is 0 Å². The number of esters is 1. The molecule has 0 bridgehead atoms. The highest BCUT2D eigenvalue weighted by Gasteiger charge is 2.26. The second-order valence-corrected chi connectivity index (χ2v) is 5.57. The third-order valence-corrected chi connectivity index (χ3v) is 4.30. The van der Waals surface area contributed by atoms with Crippen LogP contribution < -0.4 is 0 Å². The Labute approximate surface area is 120 Å². The van der Waals surface area contributed by atoms with Gasteiger partial charge in [-0.2, -0.15) is 0 Å². The number of ether oxygens (including phenoxy) is 1. The van der Waals surface area contributed by atoms with Crippen LogP contribution in [0.5, 0.6) is 0 Å². The van der Waals surface area contributed by atoms with Crippen molar-refractivity contribution in [2.24, 2.45) is 0 Å². The van der Waals surface area contributed by atoms with E-state index in [0.29, 0.717) is 6.04 Å². The molecule has 0 aromatic carbocycles. The summed E-state index contributed by atoms with van der Waals surface area (Å²) < 4.78 is 10.3. The molecule has 5 heteroatoms. The van der Waals surface area contributed by atoms with Crippen LogP contribution in [0, 0.1) is 0 Å². The van der Waals surface area contributed by atoms with Crippen LogP contribution in [-0.2, 0) is 4.74 Å². The molecule has 5 nitrogen and oxygen atoms in total. The van der Waals surface area contributed by atoms with Gasteiger partial charge in [-0.15, -0.1) is 0 Å². The number of likely N-dealkylation sites (tertiary alicyclic amines) is 1. The lowest BCUT2D eigenvalue weighted by atomic mass is 10.0. The van der Waals surface area contributed by atoms with Crippen molar-refractivity contribution < 1.29 is 13.9 Å². The Morgan fingerprint density at radius 1 is 1.45 bits per heavy atom. The largest absolute Gasteiger partial charge is 0.463 e. The predicted octanol–water partition coefficient (Wildman–Crippen LogP) is 2.15. The van der Waals surface area contributed by atoms with E-state index in [0.717, 1.165) is 18.8 Å². The quantitative estimate of drug-likeness (QED) is 0.791. The third-order valence-electron chi connectivity index (χ3n) is 4.30. The maximum Gasteiger partial charge on any atom is 0.373 e. The molecule has 20 heavy (non-hydrogen) atoms. The van der Waals surface area contributed by atoms with Gasteiger partial charge >= 0.3 is 5.97 Å². The molecule has 1 atom stereocenters. The average molecular weight is 280 g/mol. The summed E-state index contributed by atoms with van der Waals surface area (Å²) >= 11 is 0. The first-order chi connectivity index (χ1) is 9.52. The van der Waals surface area contributed by atoms with Crippen molar-refractivity contribution in [3.8, 4) is 0 Å². The van der Waals surface area contributed by atoms with Crippen LogP contribution in [0.15, 0.2) is 16.5 Å². The fourth-order valence-electron chi connectivity index (χ4n) is 2.71. The third kappa shape index (κ3) is 3.22. The molecule has 1 aliphatic rings. The van der Waals surface area contributed by atoms with Gasteiger partial charge in [-0.1, -0.05) is 0 Å². The van der Waals surface area contributed by atoms with Crippen molar-refractivity contribution in [2.45, 2.75) is 31.8 Å². The molecule has 0 saturated carbocycles. The first-order valence-electron chi connectivity index (χ1n) is 7.11. The number of hydrogen-bond donors (Lipinski definition) is 0. The van der Waals surface area contributed by atoms with Gasteiger partial charge in [-0.05, 0) is 59.1 Å². The molecule has 1 aromatic heterocycles. The number of carbonyl (C=O) groups is 1. The molecular formula is C15H24N2O3. The SMILES string of the molecule is COC(=O)c1ccc(C(C)N(C)C2CCN(C)CC2)o1. The lowest BCUT2D eigenvalue weighted by molar-refractivity contribution is 0.0554. The summed E-state index contributed by atoms with van der Waals surface area (Å²) in [6.45, 7) is 4.37. The van der Waals surface area contributed by atoms with E-state index in [2.05, 4.69) is 35.6 Å². The molecule has 1 aromatic rings. The maximum absolute atomic E-state index is 11.4.